The van der Waals surface area contributed by atoms with Gasteiger partial charge in [-0.15, -0.1) is 0 Å². The van der Waals surface area contributed by atoms with Gasteiger partial charge < -0.3 is 10.6 Å². The molecule has 0 unspecified atom stereocenters. The van der Waals surface area contributed by atoms with E-state index in [-0.39, 0.29) is 37.7 Å². The molecule has 10 heteroatoms. The second-order valence-electron chi connectivity index (χ2n) is 6.60. The highest BCUT2D eigenvalue weighted by Gasteiger charge is 2.35. The van der Waals surface area contributed by atoms with E-state index in [1.165, 1.54) is 23.5 Å². The summed E-state index contributed by atoms with van der Waals surface area (Å²) in [5, 5.41) is 0.701. The number of rotatable bonds is 3. The van der Waals surface area contributed by atoms with Crippen molar-refractivity contribution in [3.63, 3.8) is 0 Å². The minimum atomic E-state index is -2.71. The summed E-state index contributed by atoms with van der Waals surface area (Å²) >= 11 is 0. The number of carbonyl (C=O) groups excluding carboxylic acids is 2. The van der Waals surface area contributed by atoms with Crippen LogP contribution in [0.1, 0.15) is 33.8 Å². The Labute approximate surface area is 158 Å². The zero-order chi connectivity index (χ0) is 19.9. The number of amides is 2. The Morgan fingerprint density at radius 2 is 1.75 bits per heavy atom. The molecule has 0 bridgehead atoms. The fourth-order valence-corrected chi connectivity index (χ4v) is 3.14. The number of hydrogen-bond donors (Lipinski definition) is 1. The summed E-state index contributed by atoms with van der Waals surface area (Å²) < 4.78 is 28.3. The van der Waals surface area contributed by atoms with E-state index >= 15 is 0 Å². The third-order valence-corrected chi connectivity index (χ3v) is 4.69. The standard InChI is InChI=1S/C18H16F2N6O2/c19-18(20)2-5-25(6-3-18)17(28)12-7-11-1-4-26(16(11)24-8-12)13-9-22-15(14(21)27)23-10-13/h1,4,7-10H,2-3,5-6H2,(H2,21,27). The van der Waals surface area contributed by atoms with Crippen molar-refractivity contribution in [2.24, 2.45) is 5.73 Å². The van der Waals surface area contributed by atoms with Gasteiger partial charge in [0.15, 0.2) is 0 Å². The molecule has 1 saturated heterocycles. The van der Waals surface area contributed by atoms with Crippen molar-refractivity contribution in [1.82, 2.24) is 24.4 Å². The Balaban J connectivity index is 1.59. The highest BCUT2D eigenvalue weighted by atomic mass is 19.3. The number of primary amides is 1. The molecule has 0 atom stereocenters. The Bertz CT molecular complexity index is 1050. The van der Waals surface area contributed by atoms with Crippen LogP contribution in [0.5, 0.6) is 0 Å². The lowest BCUT2D eigenvalue weighted by molar-refractivity contribution is -0.0494. The first-order chi connectivity index (χ1) is 13.3. The SMILES string of the molecule is NC(=O)c1ncc(-n2ccc3cc(C(=O)N4CCC(F)(F)CC4)cnc32)cn1. The molecule has 4 heterocycles. The monoisotopic (exact) mass is 386 g/mol. The smallest absolute Gasteiger partial charge is 0.286 e. The molecule has 8 nitrogen and oxygen atoms in total. The van der Waals surface area contributed by atoms with Crippen LogP contribution in [-0.4, -0.2) is 55.2 Å². The molecule has 3 aromatic heterocycles. The van der Waals surface area contributed by atoms with E-state index in [0.29, 0.717) is 22.3 Å². The summed E-state index contributed by atoms with van der Waals surface area (Å²) in [4.78, 5) is 37.3. The van der Waals surface area contributed by atoms with E-state index in [2.05, 4.69) is 15.0 Å². The van der Waals surface area contributed by atoms with Gasteiger partial charge in [0.25, 0.3) is 17.7 Å². The lowest BCUT2D eigenvalue weighted by Crippen LogP contribution is -2.42. The molecule has 1 aliphatic rings. The van der Waals surface area contributed by atoms with Crippen LogP contribution in [0.15, 0.2) is 36.9 Å². The lowest BCUT2D eigenvalue weighted by atomic mass is 10.1. The average Bonchev–Trinajstić information content (AvgIpc) is 3.10. The summed E-state index contributed by atoms with van der Waals surface area (Å²) in [5.41, 5.74) is 6.62. The summed E-state index contributed by atoms with van der Waals surface area (Å²) in [6.07, 6.45) is 5.39. The molecule has 3 aromatic rings. The van der Waals surface area contributed by atoms with Gasteiger partial charge in [-0.25, -0.2) is 23.7 Å². The quantitative estimate of drug-likeness (QED) is 0.738. The molecule has 0 spiro atoms. The average molecular weight is 386 g/mol. The van der Waals surface area contributed by atoms with Crippen LogP contribution in [0.25, 0.3) is 16.7 Å². The van der Waals surface area contributed by atoms with Gasteiger partial charge in [0.1, 0.15) is 5.65 Å². The van der Waals surface area contributed by atoms with Gasteiger partial charge in [-0.1, -0.05) is 0 Å². The topological polar surface area (TPSA) is 107 Å². The molecule has 0 aromatic carbocycles. The maximum Gasteiger partial charge on any atom is 0.286 e. The summed E-state index contributed by atoms with van der Waals surface area (Å²) in [5.74, 6) is -3.83. The number of likely N-dealkylation sites (tertiary alicyclic amines) is 1. The maximum absolute atomic E-state index is 13.3. The number of nitrogens with two attached hydrogens (primary N) is 1. The van der Waals surface area contributed by atoms with E-state index in [1.54, 1.807) is 22.9 Å². The zero-order valence-electron chi connectivity index (χ0n) is 14.7. The second kappa shape index (κ2) is 6.63. The van der Waals surface area contributed by atoms with Crippen molar-refractivity contribution in [2.75, 3.05) is 13.1 Å². The van der Waals surface area contributed by atoms with Crippen LogP contribution in [0, 0.1) is 0 Å². The Hall–Kier alpha value is -3.43. The van der Waals surface area contributed by atoms with Crippen molar-refractivity contribution < 1.29 is 18.4 Å². The molecule has 144 valence electrons. The Morgan fingerprint density at radius 1 is 1.07 bits per heavy atom. The van der Waals surface area contributed by atoms with E-state index in [0.717, 1.165) is 0 Å². The number of nitrogens with zero attached hydrogens (tertiary/aromatic N) is 5. The van der Waals surface area contributed by atoms with Gasteiger partial charge >= 0.3 is 0 Å². The summed E-state index contributed by atoms with van der Waals surface area (Å²) in [6.45, 7) is 0.0445. The highest BCUT2D eigenvalue weighted by molar-refractivity contribution is 5.97. The van der Waals surface area contributed by atoms with Crippen molar-refractivity contribution in [1.29, 1.82) is 0 Å². The predicted octanol–water partition coefficient (Wildman–Crippen LogP) is 1.79. The van der Waals surface area contributed by atoms with Gasteiger partial charge in [0, 0.05) is 43.7 Å². The largest absolute Gasteiger partial charge is 0.363 e. The molecular weight excluding hydrogens is 370 g/mol. The van der Waals surface area contributed by atoms with Gasteiger partial charge in [-0.2, -0.15) is 0 Å². The van der Waals surface area contributed by atoms with Crippen LogP contribution in [0.2, 0.25) is 0 Å². The van der Waals surface area contributed by atoms with Gasteiger partial charge in [0.05, 0.1) is 23.6 Å². The normalized spacial score (nSPS) is 16.3. The van der Waals surface area contributed by atoms with E-state index in [9.17, 15) is 18.4 Å². The van der Waals surface area contributed by atoms with Crippen LogP contribution >= 0.6 is 0 Å². The number of aromatic nitrogens is 4. The zero-order valence-corrected chi connectivity index (χ0v) is 14.7. The molecule has 2 N–H and O–H groups in total. The van der Waals surface area contributed by atoms with Crippen molar-refractivity contribution in [2.45, 2.75) is 18.8 Å². The molecule has 0 aliphatic carbocycles. The number of carbonyl (C=O) groups is 2. The molecular formula is C18H16F2N6O2. The fraction of sp³-hybridized carbons (Fsp3) is 0.278. The van der Waals surface area contributed by atoms with Crippen LogP contribution in [0.4, 0.5) is 8.78 Å². The van der Waals surface area contributed by atoms with Crippen molar-refractivity contribution >= 4 is 22.8 Å². The summed E-state index contributed by atoms with van der Waals surface area (Å²) in [6, 6.07) is 3.44. The first-order valence-electron chi connectivity index (χ1n) is 8.60. The molecule has 1 aliphatic heterocycles. The van der Waals surface area contributed by atoms with Crippen LogP contribution < -0.4 is 5.73 Å². The molecule has 28 heavy (non-hydrogen) atoms. The molecule has 0 saturated carbocycles. The molecule has 4 rings (SSSR count). The predicted molar refractivity (Wildman–Crippen MR) is 95.3 cm³/mol. The van der Waals surface area contributed by atoms with Gasteiger partial charge in [-0.3, -0.25) is 14.2 Å². The third-order valence-electron chi connectivity index (χ3n) is 4.69. The number of piperidine rings is 1. The van der Waals surface area contributed by atoms with Crippen LogP contribution in [0.3, 0.4) is 0 Å². The van der Waals surface area contributed by atoms with Gasteiger partial charge in [-0.05, 0) is 12.1 Å². The van der Waals surface area contributed by atoms with E-state index in [4.69, 9.17) is 5.73 Å². The minimum absolute atomic E-state index is 0.0223. The van der Waals surface area contributed by atoms with Gasteiger partial charge in [0.2, 0.25) is 5.82 Å². The second-order valence-corrected chi connectivity index (χ2v) is 6.60. The Morgan fingerprint density at radius 3 is 2.39 bits per heavy atom. The summed E-state index contributed by atoms with van der Waals surface area (Å²) in [7, 11) is 0. The fourth-order valence-electron chi connectivity index (χ4n) is 3.14. The number of fused-ring (bicyclic) bond motifs is 1. The first-order valence-corrected chi connectivity index (χ1v) is 8.60. The minimum Gasteiger partial charge on any atom is -0.363 e. The molecule has 0 radical (unpaired) electrons. The number of halogens is 2. The first kappa shape index (κ1) is 18.0. The lowest BCUT2D eigenvalue weighted by Gasteiger charge is -2.31. The van der Waals surface area contributed by atoms with Crippen molar-refractivity contribution in [3.8, 4) is 5.69 Å². The number of alkyl halides is 2. The molecule has 2 amide bonds. The van der Waals surface area contributed by atoms with Crippen LogP contribution in [-0.2, 0) is 0 Å². The third kappa shape index (κ3) is 3.28. The maximum atomic E-state index is 13.3. The van der Waals surface area contributed by atoms with E-state index in [1.807, 2.05) is 0 Å². The Kier molecular flexibility index (Phi) is 4.25. The van der Waals surface area contributed by atoms with Crippen molar-refractivity contribution in [3.05, 3.63) is 48.3 Å². The number of pyridine rings is 1. The molecule has 1 fully saturated rings. The van der Waals surface area contributed by atoms with E-state index < -0.39 is 11.8 Å². The number of hydrogen-bond acceptors (Lipinski definition) is 5. The highest BCUT2D eigenvalue weighted by Crippen LogP contribution is 2.28.